The minimum absolute atomic E-state index is 0.610. The molecule has 0 amide bonds. The van der Waals surface area contributed by atoms with Crippen molar-refractivity contribution in [2.45, 2.75) is 47.3 Å². The summed E-state index contributed by atoms with van der Waals surface area (Å²) in [6.45, 7) is 6.06. The van der Waals surface area contributed by atoms with E-state index in [0.29, 0.717) is 0 Å². The average Bonchev–Trinajstić information content (AvgIpc) is 3.51. The fraction of sp³-hybridized carbons (Fsp3) is 0.128. The Balaban J connectivity index is 1.49. The first-order valence-electron chi connectivity index (χ1n) is 14.7. The van der Waals surface area contributed by atoms with Gasteiger partial charge in [-0.2, -0.15) is 0 Å². The summed E-state index contributed by atoms with van der Waals surface area (Å²) in [5, 5.41) is 0. The summed E-state index contributed by atoms with van der Waals surface area (Å²) >= 11 is -2.66. The van der Waals surface area contributed by atoms with E-state index in [1.54, 1.807) is 0 Å². The Morgan fingerprint density at radius 3 is 1.74 bits per heavy atom. The van der Waals surface area contributed by atoms with Gasteiger partial charge in [0.05, 0.1) is 5.41 Å². The van der Waals surface area contributed by atoms with Crippen molar-refractivity contribution in [1.29, 1.82) is 0 Å². The Hall–Kier alpha value is -3.80. The molecule has 2 aliphatic rings. The SMILES string of the molecule is C/C=C(\C=C/CC)[S+]([O-])c1ccc2c(c1)C1(c3ccccc3-2)c2ccccc2-c2ccc([S+]([O-])c3ccc(C)cc3)cc21. The van der Waals surface area contributed by atoms with E-state index < -0.39 is 27.8 Å². The van der Waals surface area contributed by atoms with Crippen molar-refractivity contribution in [1.82, 2.24) is 0 Å². The van der Waals surface area contributed by atoms with Crippen LogP contribution in [0, 0.1) is 6.92 Å². The molecule has 0 fully saturated rings. The van der Waals surface area contributed by atoms with Crippen molar-refractivity contribution in [2.24, 2.45) is 0 Å². The van der Waals surface area contributed by atoms with Crippen LogP contribution >= 0.6 is 0 Å². The van der Waals surface area contributed by atoms with E-state index in [0.717, 1.165) is 53.8 Å². The first kappa shape index (κ1) is 28.0. The molecule has 0 saturated heterocycles. The lowest BCUT2D eigenvalue weighted by molar-refractivity contribution is 0.594. The molecular formula is C39H32O2S2. The maximum atomic E-state index is 13.9. The molecule has 0 aromatic heterocycles. The molecule has 43 heavy (non-hydrogen) atoms. The summed E-state index contributed by atoms with van der Waals surface area (Å²) < 4.78 is 27.8. The highest BCUT2D eigenvalue weighted by Gasteiger charge is 2.52. The zero-order valence-corrected chi connectivity index (χ0v) is 26.1. The predicted octanol–water partition coefficient (Wildman–Crippen LogP) is 9.48. The third-order valence-corrected chi connectivity index (χ3v) is 11.6. The van der Waals surface area contributed by atoms with Gasteiger partial charge in [0, 0.05) is 22.4 Å². The lowest BCUT2D eigenvalue weighted by Crippen LogP contribution is -2.26. The molecule has 0 heterocycles. The molecule has 0 saturated carbocycles. The van der Waals surface area contributed by atoms with Gasteiger partial charge in [-0.3, -0.25) is 0 Å². The normalized spacial score (nSPS) is 17.9. The molecule has 0 aliphatic heterocycles. The van der Waals surface area contributed by atoms with Crippen LogP contribution in [-0.4, -0.2) is 9.11 Å². The lowest BCUT2D eigenvalue weighted by atomic mass is 9.70. The van der Waals surface area contributed by atoms with Crippen molar-refractivity contribution in [3.8, 4) is 22.3 Å². The number of fused-ring (bicyclic) bond motifs is 10. The van der Waals surface area contributed by atoms with Crippen molar-refractivity contribution in [3.05, 3.63) is 160 Å². The van der Waals surface area contributed by atoms with Crippen LogP contribution in [-0.2, 0) is 27.8 Å². The van der Waals surface area contributed by atoms with Gasteiger partial charge in [-0.25, -0.2) is 0 Å². The second-order valence-electron chi connectivity index (χ2n) is 11.1. The standard InChI is InChI=1S/C39H32O2S2/c1-4-6-11-27(5-2)42(40)29-20-22-33-31-12-7-9-14-35(31)39(37(33)24-29)36-15-10-8-13-32(36)34-23-21-30(25-38(34)39)43(41)28-18-16-26(3)17-19-28/h5-25H,4H2,1-3H3/b11-6-,27-5+. The Labute approximate surface area is 260 Å². The van der Waals surface area contributed by atoms with Crippen LogP contribution in [0.3, 0.4) is 0 Å². The lowest BCUT2D eigenvalue weighted by Gasteiger charge is -2.30. The van der Waals surface area contributed by atoms with E-state index >= 15 is 0 Å². The van der Waals surface area contributed by atoms with Crippen LogP contribution < -0.4 is 0 Å². The number of hydrogen-bond acceptors (Lipinski definition) is 2. The van der Waals surface area contributed by atoms with Gasteiger partial charge < -0.3 is 9.11 Å². The van der Waals surface area contributed by atoms with Gasteiger partial charge >= 0.3 is 0 Å². The fourth-order valence-electron chi connectivity index (χ4n) is 6.76. The molecule has 2 nitrogen and oxygen atoms in total. The number of hydrogen-bond donors (Lipinski definition) is 0. The minimum Gasteiger partial charge on any atom is -0.606 e. The van der Waals surface area contributed by atoms with Gasteiger partial charge in [0.15, 0.2) is 19.6 Å². The van der Waals surface area contributed by atoms with E-state index in [1.807, 2.05) is 62.4 Å². The predicted molar refractivity (Wildman–Crippen MR) is 178 cm³/mol. The number of allylic oxidation sites excluding steroid dienone is 3. The zero-order chi connectivity index (χ0) is 29.7. The number of rotatable bonds is 6. The van der Waals surface area contributed by atoms with Crippen LogP contribution in [0.25, 0.3) is 22.3 Å². The first-order valence-corrected chi connectivity index (χ1v) is 17.0. The molecule has 0 bridgehead atoms. The second-order valence-corrected chi connectivity index (χ2v) is 14.1. The van der Waals surface area contributed by atoms with Gasteiger partial charge in [0.2, 0.25) is 0 Å². The van der Waals surface area contributed by atoms with Crippen LogP contribution in [0.15, 0.2) is 147 Å². The summed E-state index contributed by atoms with van der Waals surface area (Å²) in [5.41, 5.74) is 9.84. The van der Waals surface area contributed by atoms with Gasteiger partial charge in [-0.15, -0.1) is 0 Å². The van der Waals surface area contributed by atoms with Crippen LogP contribution in [0.5, 0.6) is 0 Å². The third-order valence-electron chi connectivity index (χ3n) is 8.71. The molecule has 5 aromatic rings. The monoisotopic (exact) mass is 596 g/mol. The molecule has 3 unspecified atom stereocenters. The van der Waals surface area contributed by atoms with Crippen molar-refractivity contribution >= 4 is 22.4 Å². The Morgan fingerprint density at radius 2 is 1.16 bits per heavy atom. The molecule has 212 valence electrons. The van der Waals surface area contributed by atoms with E-state index in [1.165, 1.54) is 22.3 Å². The van der Waals surface area contributed by atoms with Crippen molar-refractivity contribution < 1.29 is 9.11 Å². The minimum atomic E-state index is -1.33. The molecule has 1 spiro atoms. The third kappa shape index (κ3) is 4.28. The molecule has 4 heteroatoms. The molecule has 3 atom stereocenters. The van der Waals surface area contributed by atoms with E-state index in [2.05, 4.69) is 85.8 Å². The second kappa shape index (κ2) is 11.0. The summed E-state index contributed by atoms with van der Waals surface area (Å²) in [7, 11) is 0. The van der Waals surface area contributed by atoms with Gasteiger partial charge in [0.1, 0.15) is 0 Å². The maximum Gasteiger partial charge on any atom is 0.158 e. The summed E-state index contributed by atoms with van der Waals surface area (Å²) in [4.78, 5) is 3.15. The molecule has 2 aliphatic carbocycles. The molecule has 7 rings (SSSR count). The summed E-state index contributed by atoms with van der Waals surface area (Å²) in [6.07, 6.45) is 6.85. The fourth-order valence-corrected chi connectivity index (χ4v) is 8.96. The number of benzene rings is 5. The maximum absolute atomic E-state index is 13.9. The Morgan fingerprint density at radius 1 is 0.651 bits per heavy atom. The average molecular weight is 597 g/mol. The highest BCUT2D eigenvalue weighted by atomic mass is 32.2. The molecule has 0 N–H and O–H groups in total. The Bertz CT molecular complexity index is 1910. The summed E-state index contributed by atoms with van der Waals surface area (Å²) in [5.74, 6) is 0. The largest absolute Gasteiger partial charge is 0.606 e. The Kier molecular flexibility index (Phi) is 7.19. The van der Waals surface area contributed by atoms with Crippen LogP contribution in [0.4, 0.5) is 0 Å². The van der Waals surface area contributed by atoms with E-state index in [9.17, 15) is 9.11 Å². The topological polar surface area (TPSA) is 46.1 Å². The van der Waals surface area contributed by atoms with Crippen molar-refractivity contribution in [2.75, 3.05) is 0 Å². The molecule has 0 radical (unpaired) electrons. The van der Waals surface area contributed by atoms with Crippen LogP contribution in [0.2, 0.25) is 0 Å². The first-order chi connectivity index (χ1) is 21.0. The van der Waals surface area contributed by atoms with Crippen molar-refractivity contribution in [3.63, 3.8) is 0 Å². The van der Waals surface area contributed by atoms with Gasteiger partial charge in [-0.05, 0) is 125 Å². The smallest absolute Gasteiger partial charge is 0.158 e. The van der Waals surface area contributed by atoms with E-state index in [4.69, 9.17) is 0 Å². The molecular weight excluding hydrogens is 565 g/mol. The zero-order valence-electron chi connectivity index (χ0n) is 24.5. The van der Waals surface area contributed by atoms with Gasteiger partial charge in [0.25, 0.3) is 0 Å². The molecule has 5 aromatic carbocycles. The highest BCUT2D eigenvalue weighted by Crippen LogP contribution is 2.63. The summed E-state index contributed by atoms with van der Waals surface area (Å²) in [6, 6.07) is 37.8. The van der Waals surface area contributed by atoms with Gasteiger partial charge in [-0.1, -0.05) is 79.2 Å². The van der Waals surface area contributed by atoms with E-state index in [-0.39, 0.29) is 0 Å². The quantitative estimate of drug-likeness (QED) is 0.142. The van der Waals surface area contributed by atoms with Crippen LogP contribution in [0.1, 0.15) is 48.1 Å². The number of aryl methyl sites for hydroxylation is 1. The highest BCUT2D eigenvalue weighted by molar-refractivity contribution is 7.95.